The third-order valence-corrected chi connectivity index (χ3v) is 6.38. The lowest BCUT2D eigenvalue weighted by atomic mass is 9.81. The normalized spacial score (nSPS) is 19.4. The van der Waals surface area contributed by atoms with Gasteiger partial charge < -0.3 is 14.2 Å². The lowest BCUT2D eigenvalue weighted by Crippen LogP contribution is -2.42. The van der Waals surface area contributed by atoms with Crippen LogP contribution in [0.3, 0.4) is 0 Å². The molecule has 0 bridgehead atoms. The molecule has 4 rings (SSSR count). The quantitative estimate of drug-likeness (QED) is 0.546. The van der Waals surface area contributed by atoms with Crippen LogP contribution in [-0.2, 0) is 33.3 Å². The van der Waals surface area contributed by atoms with Crippen LogP contribution < -0.4 is 9.50 Å². The number of carbonyl (C=O) groups excluding carboxylic acids is 1. The Morgan fingerprint density at radius 1 is 1.16 bits per heavy atom. The number of benzene rings is 1. The Morgan fingerprint density at radius 3 is 2.52 bits per heavy atom. The average Bonchev–Trinajstić information content (AvgIpc) is 3.46. The lowest BCUT2D eigenvalue weighted by molar-refractivity contribution is -0.0501. The molecule has 31 heavy (non-hydrogen) atoms. The summed E-state index contributed by atoms with van der Waals surface area (Å²) < 4.78 is 69.7. The maximum absolute atomic E-state index is 12.6. The molecule has 1 spiro atoms. The lowest BCUT2D eigenvalue weighted by Gasteiger charge is -2.31. The number of rotatable bonds is 5. The van der Waals surface area contributed by atoms with Crippen molar-refractivity contribution >= 4 is 16.2 Å². The van der Waals surface area contributed by atoms with Crippen LogP contribution in [0.4, 0.5) is 18.0 Å². The molecule has 1 N–H and O–H groups in total. The molecule has 2 aliphatic rings. The van der Waals surface area contributed by atoms with E-state index in [2.05, 4.69) is 14.5 Å². The summed E-state index contributed by atoms with van der Waals surface area (Å²) in [6, 6.07) is 11.6. The van der Waals surface area contributed by atoms with Gasteiger partial charge in [-0.1, -0.05) is 36.4 Å². The Hall–Kier alpha value is -2.82. The van der Waals surface area contributed by atoms with E-state index in [1.165, 1.54) is 6.07 Å². The summed E-state index contributed by atoms with van der Waals surface area (Å²) >= 11 is 0. The highest BCUT2D eigenvalue weighted by molar-refractivity contribution is 7.87. The molecule has 1 saturated carbocycles. The van der Waals surface area contributed by atoms with E-state index in [1.54, 1.807) is 0 Å². The first kappa shape index (κ1) is 21.4. The molecule has 2 aromatic rings. The van der Waals surface area contributed by atoms with Crippen molar-refractivity contribution in [1.29, 1.82) is 0 Å². The Bertz CT molecular complexity index is 1090. The van der Waals surface area contributed by atoms with Gasteiger partial charge in [-0.05, 0) is 36.8 Å². The zero-order valence-corrected chi connectivity index (χ0v) is 17.0. The number of nitrogens with zero attached hydrogens (tertiary/aromatic N) is 1. The number of carbonyl (C=O) groups is 1. The largest absolute Gasteiger partial charge is 0.534 e. The SMILES string of the molecule is O=C(NC1Cc2ccc(OS(=O)(=O)C(F)(F)F)nc2C2(CC2)C1)OCc1ccccc1. The zero-order chi connectivity index (χ0) is 22.3. The van der Waals surface area contributed by atoms with Crippen LogP contribution in [0.5, 0.6) is 5.88 Å². The van der Waals surface area contributed by atoms with Crippen LogP contribution in [0.2, 0.25) is 0 Å². The summed E-state index contributed by atoms with van der Waals surface area (Å²) in [5.74, 6) is -0.615. The molecule has 1 heterocycles. The van der Waals surface area contributed by atoms with E-state index in [1.807, 2.05) is 30.3 Å². The first-order chi connectivity index (χ1) is 14.6. The fraction of sp³-hybridized carbons (Fsp3) is 0.400. The molecular formula is C20H19F3N2O5S. The summed E-state index contributed by atoms with van der Waals surface area (Å²) in [5.41, 5.74) is -3.83. The number of halogens is 3. The molecule has 0 aliphatic heterocycles. The van der Waals surface area contributed by atoms with Gasteiger partial charge in [-0.15, -0.1) is 0 Å². The highest BCUT2D eigenvalue weighted by atomic mass is 32.2. The second-order valence-electron chi connectivity index (χ2n) is 7.73. The standard InChI is InChI=1S/C20H19F3N2O5S/c21-20(22,23)31(27,28)30-16-7-6-14-10-15(11-19(8-9-19)17(14)25-16)24-18(26)29-12-13-4-2-1-3-5-13/h1-7,15H,8-12H2,(H,24,26). The van der Waals surface area contributed by atoms with Crippen LogP contribution in [0.1, 0.15) is 36.1 Å². The van der Waals surface area contributed by atoms with Crippen molar-refractivity contribution in [1.82, 2.24) is 10.3 Å². The molecule has 166 valence electrons. The molecule has 1 aromatic heterocycles. The average molecular weight is 456 g/mol. The molecule has 11 heteroatoms. The van der Waals surface area contributed by atoms with E-state index >= 15 is 0 Å². The number of amides is 1. The summed E-state index contributed by atoms with van der Waals surface area (Å²) in [6.45, 7) is 0.136. The highest BCUT2D eigenvalue weighted by Crippen LogP contribution is 2.55. The molecule has 0 radical (unpaired) electrons. The van der Waals surface area contributed by atoms with Gasteiger partial charge in [0.25, 0.3) is 0 Å². The highest BCUT2D eigenvalue weighted by Gasteiger charge is 2.52. The van der Waals surface area contributed by atoms with Gasteiger partial charge in [-0.3, -0.25) is 0 Å². The third kappa shape index (κ3) is 4.60. The van der Waals surface area contributed by atoms with E-state index in [0.29, 0.717) is 18.5 Å². The second-order valence-corrected chi connectivity index (χ2v) is 9.27. The van der Waals surface area contributed by atoms with E-state index in [0.717, 1.165) is 30.0 Å². The molecular weight excluding hydrogens is 437 g/mol. The van der Waals surface area contributed by atoms with Gasteiger partial charge in [0.15, 0.2) is 0 Å². The maximum Gasteiger partial charge on any atom is 0.534 e. The predicted molar refractivity (Wildman–Crippen MR) is 103 cm³/mol. The molecule has 1 atom stereocenters. The number of aromatic nitrogens is 1. The third-order valence-electron chi connectivity index (χ3n) is 5.43. The molecule has 0 saturated heterocycles. The van der Waals surface area contributed by atoms with Crippen molar-refractivity contribution in [2.24, 2.45) is 0 Å². The van der Waals surface area contributed by atoms with E-state index < -0.39 is 33.0 Å². The van der Waals surface area contributed by atoms with Crippen molar-refractivity contribution < 1.29 is 35.3 Å². The van der Waals surface area contributed by atoms with E-state index in [-0.39, 0.29) is 12.6 Å². The van der Waals surface area contributed by atoms with Gasteiger partial charge in [0.1, 0.15) is 6.61 Å². The van der Waals surface area contributed by atoms with Gasteiger partial charge in [0.05, 0.1) is 5.69 Å². The monoisotopic (exact) mass is 456 g/mol. The van der Waals surface area contributed by atoms with Crippen molar-refractivity contribution in [2.45, 2.75) is 49.3 Å². The van der Waals surface area contributed by atoms with Gasteiger partial charge in [-0.2, -0.15) is 21.6 Å². The van der Waals surface area contributed by atoms with Gasteiger partial charge in [0, 0.05) is 17.5 Å². The fourth-order valence-corrected chi connectivity index (χ4v) is 4.24. The summed E-state index contributed by atoms with van der Waals surface area (Å²) in [7, 11) is -5.79. The van der Waals surface area contributed by atoms with Crippen molar-refractivity contribution in [3.63, 3.8) is 0 Å². The zero-order valence-electron chi connectivity index (χ0n) is 16.2. The molecule has 1 amide bonds. The number of alkyl halides is 3. The summed E-state index contributed by atoms with van der Waals surface area (Å²) in [6.07, 6.45) is 1.84. The Kier molecular flexibility index (Phi) is 5.32. The number of hydrogen-bond donors (Lipinski definition) is 1. The van der Waals surface area contributed by atoms with Crippen LogP contribution in [-0.4, -0.2) is 31.0 Å². The first-order valence-corrected chi connectivity index (χ1v) is 11.0. The summed E-state index contributed by atoms with van der Waals surface area (Å²) in [5, 5.41) is 2.83. The van der Waals surface area contributed by atoms with Crippen molar-refractivity contribution in [3.8, 4) is 5.88 Å². The number of alkyl carbamates (subject to hydrolysis) is 1. The number of nitrogens with one attached hydrogen (secondary N) is 1. The van der Waals surface area contributed by atoms with Gasteiger partial charge in [0.2, 0.25) is 5.88 Å². The topological polar surface area (TPSA) is 94.6 Å². The molecule has 1 fully saturated rings. The smallest absolute Gasteiger partial charge is 0.445 e. The number of hydrogen-bond acceptors (Lipinski definition) is 6. The van der Waals surface area contributed by atoms with Crippen LogP contribution in [0, 0.1) is 0 Å². The number of pyridine rings is 1. The molecule has 1 aromatic carbocycles. The minimum atomic E-state index is -5.79. The van der Waals surface area contributed by atoms with E-state index in [4.69, 9.17) is 4.74 Å². The van der Waals surface area contributed by atoms with Crippen LogP contribution in [0.25, 0.3) is 0 Å². The van der Waals surface area contributed by atoms with Crippen molar-refractivity contribution in [3.05, 3.63) is 59.3 Å². The predicted octanol–water partition coefficient (Wildman–Crippen LogP) is 3.58. The van der Waals surface area contributed by atoms with Gasteiger partial charge >= 0.3 is 21.7 Å². The summed E-state index contributed by atoms with van der Waals surface area (Å²) in [4.78, 5) is 16.3. The van der Waals surface area contributed by atoms with Crippen LogP contribution in [0.15, 0.2) is 42.5 Å². The minimum absolute atomic E-state index is 0.136. The first-order valence-electron chi connectivity index (χ1n) is 9.56. The molecule has 1 unspecified atom stereocenters. The Balaban J connectivity index is 1.43. The van der Waals surface area contributed by atoms with E-state index in [9.17, 15) is 26.4 Å². The van der Waals surface area contributed by atoms with Crippen molar-refractivity contribution in [2.75, 3.05) is 0 Å². The maximum atomic E-state index is 12.6. The number of fused-ring (bicyclic) bond motifs is 2. The Morgan fingerprint density at radius 2 is 1.87 bits per heavy atom. The molecule has 7 nitrogen and oxygen atoms in total. The van der Waals surface area contributed by atoms with Gasteiger partial charge in [-0.25, -0.2) is 9.78 Å². The second kappa shape index (κ2) is 7.70. The minimum Gasteiger partial charge on any atom is -0.445 e. The van der Waals surface area contributed by atoms with Crippen LogP contribution >= 0.6 is 0 Å². The number of ether oxygens (including phenoxy) is 1. The Labute approximate surface area is 176 Å². The fourth-order valence-electron chi connectivity index (χ4n) is 3.83. The molecule has 2 aliphatic carbocycles.